The number of rotatable bonds is 6. The van der Waals surface area contributed by atoms with Gasteiger partial charge in [0, 0.05) is 41.3 Å². The van der Waals surface area contributed by atoms with Gasteiger partial charge in [-0.15, -0.1) is 0 Å². The van der Waals surface area contributed by atoms with Crippen LogP contribution in [0.25, 0.3) is 6.08 Å². The molecule has 0 unspecified atom stereocenters. The Morgan fingerprint density at radius 1 is 1.32 bits per heavy atom. The molecule has 38 heavy (non-hydrogen) atoms. The zero-order chi connectivity index (χ0) is 26.8. The van der Waals surface area contributed by atoms with Crippen LogP contribution >= 0.6 is 0 Å². The number of likely N-dealkylation sites (tertiary alicyclic amines) is 1. The van der Waals surface area contributed by atoms with Gasteiger partial charge in [0.15, 0.2) is 11.5 Å². The van der Waals surface area contributed by atoms with Gasteiger partial charge in [-0.05, 0) is 69.7 Å². The van der Waals surface area contributed by atoms with Gasteiger partial charge >= 0.3 is 0 Å². The van der Waals surface area contributed by atoms with E-state index in [1.807, 2.05) is 18.2 Å². The molecule has 2 aromatic rings. The van der Waals surface area contributed by atoms with E-state index in [2.05, 4.69) is 49.8 Å². The number of piperidine rings is 1. The number of nitrogens with zero attached hydrogens (tertiary/aromatic N) is 2. The first-order valence-electron chi connectivity index (χ1n) is 14.1. The molecule has 2 aromatic carbocycles. The summed E-state index contributed by atoms with van der Waals surface area (Å²) in [7, 11) is 3.85. The van der Waals surface area contributed by atoms with Gasteiger partial charge in [0.25, 0.3) is 0 Å². The number of ether oxygens (including phenoxy) is 2. The van der Waals surface area contributed by atoms with E-state index in [9.17, 15) is 9.90 Å². The van der Waals surface area contributed by atoms with E-state index >= 15 is 0 Å². The van der Waals surface area contributed by atoms with Crippen molar-refractivity contribution in [1.82, 2.24) is 9.80 Å². The maximum atomic E-state index is 13.9. The highest BCUT2D eigenvalue weighted by atomic mass is 16.5. The summed E-state index contributed by atoms with van der Waals surface area (Å²) in [6.45, 7) is 8.07. The number of phenols is 1. The van der Waals surface area contributed by atoms with Crippen molar-refractivity contribution in [3.8, 4) is 17.2 Å². The van der Waals surface area contributed by atoms with Crippen LogP contribution in [0.4, 0.5) is 0 Å². The Bertz CT molecular complexity index is 1290. The number of amides is 1. The van der Waals surface area contributed by atoms with Crippen molar-refractivity contribution in [3.05, 3.63) is 58.7 Å². The van der Waals surface area contributed by atoms with Gasteiger partial charge in [0.1, 0.15) is 11.9 Å². The van der Waals surface area contributed by atoms with Crippen LogP contribution in [0.2, 0.25) is 0 Å². The molecule has 2 heterocycles. The number of aromatic hydroxyl groups is 1. The standard InChI is InChI=1S/C32H40N2O4/c1-19(2)18-34(28(36)12-9-21-8-6-7-20(3)15-21)24-11-10-23-25-16-22-26(35)17-27(37-5)30-29(22)32(23,31(24)38-30)13-14-33(25)4/h6-9,12,15,17,19,23-25,31,35H,10-11,13-14,16,18H2,1-5H3/t23-,24+,25+,31-,32-/m0/s1. The van der Waals surface area contributed by atoms with Crippen LogP contribution in [0.15, 0.2) is 36.4 Å². The number of phenolic OH excluding ortho intramolecular Hbond substituents is 1. The maximum absolute atomic E-state index is 13.9. The minimum Gasteiger partial charge on any atom is -0.508 e. The van der Waals surface area contributed by atoms with Crippen molar-refractivity contribution in [2.24, 2.45) is 11.8 Å². The molecule has 1 saturated carbocycles. The molecule has 0 aromatic heterocycles. The van der Waals surface area contributed by atoms with Crippen molar-refractivity contribution < 1.29 is 19.4 Å². The molecule has 202 valence electrons. The highest BCUT2D eigenvalue weighted by Crippen LogP contribution is 2.65. The van der Waals surface area contributed by atoms with E-state index in [1.165, 1.54) is 5.56 Å². The Balaban J connectivity index is 1.42. The SMILES string of the molecule is COc1cc(O)c2c3c1O[C@H]1[C@H](N(CC(C)C)C(=O)C=Cc4cccc(C)c4)CC[C@H]4[C@@H](C2)N(C)CC[C@@]341. The lowest BCUT2D eigenvalue weighted by molar-refractivity contribution is -0.138. The predicted octanol–water partition coefficient (Wildman–Crippen LogP) is 4.94. The van der Waals surface area contributed by atoms with Crippen LogP contribution in [-0.4, -0.2) is 66.2 Å². The molecule has 6 rings (SSSR count). The summed E-state index contributed by atoms with van der Waals surface area (Å²) in [6.07, 6.45) is 7.26. The quantitative estimate of drug-likeness (QED) is 0.551. The molecular weight excluding hydrogens is 476 g/mol. The summed E-state index contributed by atoms with van der Waals surface area (Å²) < 4.78 is 12.7. The van der Waals surface area contributed by atoms with Crippen LogP contribution in [0, 0.1) is 18.8 Å². The first-order chi connectivity index (χ1) is 18.2. The van der Waals surface area contributed by atoms with Gasteiger partial charge in [-0.1, -0.05) is 43.7 Å². The molecule has 6 nitrogen and oxygen atoms in total. The molecule has 2 aliphatic heterocycles. The lowest BCUT2D eigenvalue weighted by atomic mass is 9.51. The van der Waals surface area contributed by atoms with Gasteiger partial charge in [-0.3, -0.25) is 4.79 Å². The van der Waals surface area contributed by atoms with E-state index in [4.69, 9.17) is 9.47 Å². The fraction of sp³-hybridized carbons (Fsp3) is 0.531. The average molecular weight is 517 g/mol. The summed E-state index contributed by atoms with van der Waals surface area (Å²) in [6, 6.07) is 10.3. The predicted molar refractivity (Wildman–Crippen MR) is 149 cm³/mol. The summed E-state index contributed by atoms with van der Waals surface area (Å²) in [5, 5.41) is 11.1. The molecule has 4 aliphatic rings. The molecule has 6 heteroatoms. The summed E-state index contributed by atoms with van der Waals surface area (Å²) in [4.78, 5) is 18.4. The smallest absolute Gasteiger partial charge is 0.246 e. The van der Waals surface area contributed by atoms with Crippen LogP contribution in [0.5, 0.6) is 17.2 Å². The molecule has 1 N–H and O–H groups in total. The number of hydrogen-bond acceptors (Lipinski definition) is 5. The molecule has 1 spiro atoms. The molecule has 2 bridgehead atoms. The van der Waals surface area contributed by atoms with Crippen LogP contribution in [0.3, 0.4) is 0 Å². The molecule has 0 radical (unpaired) electrons. The Hall–Kier alpha value is -2.99. The number of carbonyl (C=O) groups excluding carboxylic acids is 1. The molecular formula is C32H40N2O4. The van der Waals surface area contributed by atoms with Crippen LogP contribution in [-0.2, 0) is 16.6 Å². The molecule has 2 fully saturated rings. The molecule has 1 amide bonds. The first kappa shape index (κ1) is 25.3. The number of methoxy groups -OCH3 is 1. The van der Waals surface area contributed by atoms with E-state index in [0.717, 1.165) is 54.7 Å². The van der Waals surface area contributed by atoms with Gasteiger partial charge < -0.3 is 24.4 Å². The maximum Gasteiger partial charge on any atom is 0.246 e. The lowest BCUT2D eigenvalue weighted by Gasteiger charge is -2.60. The second-order valence-corrected chi connectivity index (χ2v) is 12.2. The second kappa shape index (κ2) is 9.33. The summed E-state index contributed by atoms with van der Waals surface area (Å²) in [5.74, 6) is 2.49. The zero-order valence-electron chi connectivity index (χ0n) is 23.2. The largest absolute Gasteiger partial charge is 0.508 e. The number of likely N-dealkylation sites (N-methyl/N-ethyl adjacent to an activating group) is 1. The highest BCUT2D eigenvalue weighted by Gasteiger charge is 2.66. The lowest BCUT2D eigenvalue weighted by Crippen LogP contribution is -2.68. The Morgan fingerprint density at radius 3 is 2.87 bits per heavy atom. The number of aryl methyl sites for hydroxylation is 1. The van der Waals surface area contributed by atoms with Crippen molar-refractivity contribution in [3.63, 3.8) is 0 Å². The van der Waals surface area contributed by atoms with Crippen molar-refractivity contribution >= 4 is 12.0 Å². The fourth-order valence-electron chi connectivity index (χ4n) is 8.05. The van der Waals surface area contributed by atoms with Crippen LogP contribution in [0.1, 0.15) is 55.4 Å². The Kier molecular flexibility index (Phi) is 6.21. The minimum atomic E-state index is -0.217. The van der Waals surface area contributed by atoms with Crippen LogP contribution < -0.4 is 9.47 Å². The third-order valence-corrected chi connectivity index (χ3v) is 9.58. The van der Waals surface area contributed by atoms with Crippen molar-refractivity contribution in [2.75, 3.05) is 27.2 Å². The minimum absolute atomic E-state index is 0.0370. The van der Waals surface area contributed by atoms with Gasteiger partial charge in [-0.2, -0.15) is 0 Å². The fourth-order valence-corrected chi connectivity index (χ4v) is 8.05. The van der Waals surface area contributed by atoms with Gasteiger partial charge in [0.05, 0.1) is 13.2 Å². The average Bonchev–Trinajstić information content (AvgIpc) is 3.23. The number of benzene rings is 2. The summed E-state index contributed by atoms with van der Waals surface area (Å²) >= 11 is 0. The number of carbonyl (C=O) groups is 1. The van der Waals surface area contributed by atoms with Crippen molar-refractivity contribution in [1.29, 1.82) is 0 Å². The van der Waals surface area contributed by atoms with Gasteiger partial charge in [-0.25, -0.2) is 0 Å². The van der Waals surface area contributed by atoms with E-state index < -0.39 is 0 Å². The monoisotopic (exact) mass is 516 g/mol. The third kappa shape index (κ3) is 3.75. The highest BCUT2D eigenvalue weighted by molar-refractivity contribution is 5.92. The second-order valence-electron chi connectivity index (χ2n) is 12.2. The topological polar surface area (TPSA) is 62.2 Å². The number of hydrogen-bond donors (Lipinski definition) is 1. The van der Waals surface area contributed by atoms with E-state index in [1.54, 1.807) is 19.3 Å². The zero-order valence-corrected chi connectivity index (χ0v) is 23.2. The molecule has 2 aliphatic carbocycles. The summed E-state index contributed by atoms with van der Waals surface area (Å²) in [5.41, 5.74) is 4.16. The van der Waals surface area contributed by atoms with E-state index in [-0.39, 0.29) is 23.5 Å². The Labute approximate surface area is 226 Å². The van der Waals surface area contributed by atoms with Gasteiger partial charge in [0.2, 0.25) is 5.91 Å². The molecule has 1 saturated heterocycles. The molecule has 5 atom stereocenters. The third-order valence-electron chi connectivity index (χ3n) is 9.58. The normalized spacial score (nSPS) is 29.3. The first-order valence-corrected chi connectivity index (χ1v) is 14.1. The Morgan fingerprint density at radius 2 is 2.13 bits per heavy atom. The van der Waals surface area contributed by atoms with Crippen molar-refractivity contribution in [2.45, 2.75) is 70.1 Å². The van der Waals surface area contributed by atoms with E-state index in [0.29, 0.717) is 35.9 Å².